The molecule has 1 spiro atoms. The van der Waals surface area contributed by atoms with E-state index in [1.807, 2.05) is 40.1 Å². The molecule has 2 aliphatic heterocycles. The van der Waals surface area contributed by atoms with E-state index in [2.05, 4.69) is 5.32 Å². The van der Waals surface area contributed by atoms with Crippen molar-refractivity contribution in [3.8, 4) is 11.1 Å². The Morgan fingerprint density at radius 2 is 1.68 bits per heavy atom. The summed E-state index contributed by atoms with van der Waals surface area (Å²) in [5.41, 5.74) is 0.172. The first-order valence-electron chi connectivity index (χ1n) is 15.7. The van der Waals surface area contributed by atoms with Crippen LogP contribution in [0.25, 0.3) is 11.1 Å². The van der Waals surface area contributed by atoms with Crippen molar-refractivity contribution in [1.82, 2.24) is 19.7 Å². The van der Waals surface area contributed by atoms with E-state index in [1.54, 1.807) is 16.8 Å². The lowest BCUT2D eigenvalue weighted by atomic mass is 9.65. The minimum Gasteiger partial charge on any atom is -0.387 e. The molecule has 3 heterocycles. The maximum absolute atomic E-state index is 13.8. The van der Waals surface area contributed by atoms with E-state index >= 15 is 0 Å². The second-order valence-corrected chi connectivity index (χ2v) is 12.9. The third kappa shape index (κ3) is 5.61. The summed E-state index contributed by atoms with van der Waals surface area (Å²) in [5.74, 6) is 0.817. The lowest BCUT2D eigenvalue weighted by Crippen LogP contribution is -2.62. The molecule has 2 aliphatic carbocycles. The van der Waals surface area contributed by atoms with Crippen LogP contribution in [0.5, 0.6) is 0 Å². The third-order valence-electron chi connectivity index (χ3n) is 10.5. The van der Waals surface area contributed by atoms with Gasteiger partial charge in [0.25, 0.3) is 11.5 Å². The molecule has 2 saturated heterocycles. The zero-order valence-electron chi connectivity index (χ0n) is 24.2. The molecule has 220 valence electrons. The Labute approximate surface area is 242 Å². The predicted octanol–water partition coefficient (Wildman–Crippen LogP) is 3.66. The average Bonchev–Trinajstić information content (AvgIpc) is 3.45. The number of aromatic nitrogens is 1. The van der Waals surface area contributed by atoms with Gasteiger partial charge in [0.15, 0.2) is 0 Å². The molecule has 4 aliphatic rings. The Hall–Kier alpha value is -2.97. The van der Waals surface area contributed by atoms with E-state index in [-0.39, 0.29) is 23.9 Å². The van der Waals surface area contributed by atoms with Gasteiger partial charge in [-0.3, -0.25) is 14.4 Å². The van der Waals surface area contributed by atoms with Gasteiger partial charge in [-0.05, 0) is 37.2 Å². The highest BCUT2D eigenvalue weighted by molar-refractivity contribution is 6.00. The molecule has 2 saturated carbocycles. The number of nitrogens with zero attached hydrogens (tertiary/aromatic N) is 3. The van der Waals surface area contributed by atoms with Crippen LogP contribution in [-0.4, -0.2) is 76.2 Å². The summed E-state index contributed by atoms with van der Waals surface area (Å²) in [6.07, 6.45) is 11.2. The quantitative estimate of drug-likeness (QED) is 0.539. The molecule has 8 heteroatoms. The number of piperidine rings is 1. The smallest absolute Gasteiger partial charge is 0.256 e. The molecular formula is C33H44N4O4. The Kier molecular flexibility index (Phi) is 8.05. The van der Waals surface area contributed by atoms with Gasteiger partial charge < -0.3 is 24.8 Å². The van der Waals surface area contributed by atoms with E-state index in [0.717, 1.165) is 50.8 Å². The van der Waals surface area contributed by atoms with Crippen LogP contribution in [0.3, 0.4) is 0 Å². The molecular weight excluding hydrogens is 516 g/mol. The van der Waals surface area contributed by atoms with Gasteiger partial charge in [-0.2, -0.15) is 0 Å². The molecule has 4 fully saturated rings. The van der Waals surface area contributed by atoms with E-state index in [4.69, 9.17) is 0 Å². The summed E-state index contributed by atoms with van der Waals surface area (Å²) >= 11 is 0. The third-order valence-corrected chi connectivity index (χ3v) is 10.5. The highest BCUT2D eigenvalue weighted by atomic mass is 16.3. The largest absolute Gasteiger partial charge is 0.387 e. The van der Waals surface area contributed by atoms with E-state index in [0.29, 0.717) is 56.1 Å². The zero-order chi connectivity index (χ0) is 28.5. The van der Waals surface area contributed by atoms with Gasteiger partial charge in [0.2, 0.25) is 5.91 Å². The Balaban J connectivity index is 1.29. The van der Waals surface area contributed by atoms with Crippen LogP contribution in [0.15, 0.2) is 47.4 Å². The molecule has 8 nitrogen and oxygen atoms in total. The Morgan fingerprint density at radius 3 is 2.37 bits per heavy atom. The fourth-order valence-electron chi connectivity index (χ4n) is 7.62. The van der Waals surface area contributed by atoms with E-state index in [1.165, 1.54) is 19.3 Å². The Morgan fingerprint density at radius 1 is 0.951 bits per heavy atom. The first-order valence-corrected chi connectivity index (χ1v) is 15.7. The van der Waals surface area contributed by atoms with Crippen LogP contribution < -0.4 is 10.9 Å². The van der Waals surface area contributed by atoms with Gasteiger partial charge >= 0.3 is 0 Å². The fraction of sp³-hybridized carbons (Fsp3) is 0.606. The van der Waals surface area contributed by atoms with E-state index < -0.39 is 11.0 Å². The van der Waals surface area contributed by atoms with Gasteiger partial charge in [0.05, 0.1) is 17.7 Å². The van der Waals surface area contributed by atoms with Gasteiger partial charge in [-0.25, -0.2) is 0 Å². The second kappa shape index (κ2) is 11.7. The average molecular weight is 561 g/mol. The summed E-state index contributed by atoms with van der Waals surface area (Å²) in [5, 5.41) is 15.6. The van der Waals surface area contributed by atoms with Crippen molar-refractivity contribution in [3.05, 3.63) is 58.5 Å². The predicted molar refractivity (Wildman–Crippen MR) is 159 cm³/mol. The number of benzene rings is 1. The topological polar surface area (TPSA) is 94.9 Å². The molecule has 1 aromatic heterocycles. The number of carbonyl (C=O) groups excluding carboxylic acids is 2. The number of amides is 2. The number of pyridine rings is 1. The number of hydrogen-bond acceptors (Lipinski definition) is 5. The molecule has 2 amide bonds. The lowest BCUT2D eigenvalue weighted by Gasteiger charge is -2.52. The van der Waals surface area contributed by atoms with Crippen LogP contribution >= 0.6 is 0 Å². The molecule has 2 N–H and O–H groups in total. The zero-order valence-corrected chi connectivity index (χ0v) is 24.2. The Bertz CT molecular complexity index is 1310. The molecule has 0 radical (unpaired) electrons. The van der Waals surface area contributed by atoms with Crippen LogP contribution in [0.2, 0.25) is 0 Å². The molecule has 1 atom stereocenters. The van der Waals surface area contributed by atoms with Crippen LogP contribution in [0.1, 0.15) is 74.6 Å². The minimum absolute atomic E-state index is 0.0893. The summed E-state index contributed by atoms with van der Waals surface area (Å²) in [7, 11) is 0. The summed E-state index contributed by atoms with van der Waals surface area (Å²) in [6, 6.07) is 11.2. The molecule has 0 bridgehead atoms. The van der Waals surface area contributed by atoms with Crippen molar-refractivity contribution in [2.45, 2.75) is 76.4 Å². The standard InChI is InChI=1S/C33H44N4O4/c38-29(12-11-25-7-6-8-25)36-18-15-33(41,32(23-36)13-4-5-14-32)24-37-22-28(31(40)35-19-16-34-17-20-35)27(21-30(37)39)26-9-2-1-3-10-26/h1-3,9-10,21-22,25,34,41H,4-8,11-20,23-24H2. The molecule has 1 aromatic carbocycles. The highest BCUT2D eigenvalue weighted by Gasteiger charge is 2.55. The first-order chi connectivity index (χ1) is 19.9. The van der Waals surface area contributed by atoms with Gasteiger partial charge in [0.1, 0.15) is 0 Å². The number of aliphatic hydroxyl groups is 1. The SMILES string of the molecule is O=C(CCC1CCC1)N1CCC(O)(Cn2cc(C(=O)N3CCNCC3)c(-c3ccccc3)cc2=O)C2(CCCC2)C1. The summed E-state index contributed by atoms with van der Waals surface area (Å²) < 4.78 is 1.57. The molecule has 41 heavy (non-hydrogen) atoms. The van der Waals surface area contributed by atoms with Gasteiger partial charge in [-0.15, -0.1) is 0 Å². The molecule has 6 rings (SSSR count). The van der Waals surface area contributed by atoms with E-state index in [9.17, 15) is 19.5 Å². The van der Waals surface area contributed by atoms with Crippen molar-refractivity contribution in [1.29, 1.82) is 0 Å². The lowest BCUT2D eigenvalue weighted by molar-refractivity contribution is -0.160. The maximum Gasteiger partial charge on any atom is 0.256 e. The monoisotopic (exact) mass is 560 g/mol. The van der Waals surface area contributed by atoms with Crippen molar-refractivity contribution >= 4 is 11.8 Å². The minimum atomic E-state index is -1.12. The number of nitrogens with one attached hydrogen (secondary N) is 1. The van der Waals surface area contributed by atoms with Crippen LogP contribution in [0, 0.1) is 11.3 Å². The van der Waals surface area contributed by atoms with Gasteiger partial charge in [-0.1, -0.05) is 62.4 Å². The number of rotatable bonds is 7. The second-order valence-electron chi connectivity index (χ2n) is 12.9. The summed E-state index contributed by atoms with van der Waals surface area (Å²) in [6.45, 7) is 3.90. The number of hydrogen-bond donors (Lipinski definition) is 2. The molecule has 1 unspecified atom stereocenters. The number of likely N-dealkylation sites (tertiary alicyclic amines) is 1. The van der Waals surface area contributed by atoms with Crippen molar-refractivity contribution < 1.29 is 14.7 Å². The maximum atomic E-state index is 13.8. The number of piperazine rings is 1. The fourth-order valence-corrected chi connectivity index (χ4v) is 7.62. The summed E-state index contributed by atoms with van der Waals surface area (Å²) in [4.78, 5) is 44.4. The van der Waals surface area contributed by atoms with Crippen LogP contribution in [0.4, 0.5) is 0 Å². The van der Waals surface area contributed by atoms with Crippen molar-refractivity contribution in [2.24, 2.45) is 11.3 Å². The van der Waals surface area contributed by atoms with Crippen LogP contribution in [-0.2, 0) is 11.3 Å². The first kappa shape index (κ1) is 28.2. The van der Waals surface area contributed by atoms with Crippen molar-refractivity contribution in [2.75, 3.05) is 39.3 Å². The highest BCUT2D eigenvalue weighted by Crippen LogP contribution is 2.51. The van der Waals surface area contributed by atoms with Gasteiger partial charge in [0, 0.05) is 68.9 Å². The normalized spacial score (nSPS) is 24.4. The number of carbonyl (C=O) groups is 2. The van der Waals surface area contributed by atoms with Crippen molar-refractivity contribution in [3.63, 3.8) is 0 Å². The molecule has 2 aromatic rings.